The number of aryl methyl sites for hydroxylation is 1. The van der Waals surface area contributed by atoms with Crippen LogP contribution in [-0.2, 0) is 17.8 Å². The fraction of sp³-hybridized carbons (Fsp3) is 0.286. The number of anilines is 1. The highest BCUT2D eigenvalue weighted by atomic mass is 35.5. The van der Waals surface area contributed by atoms with Gasteiger partial charge in [0.1, 0.15) is 5.82 Å². The third-order valence-corrected chi connectivity index (χ3v) is 3.29. The summed E-state index contributed by atoms with van der Waals surface area (Å²) in [5.74, 6) is 0.482. The largest absolute Gasteiger partial charge is 0.465 e. The lowest BCUT2D eigenvalue weighted by atomic mass is 10.2. The van der Waals surface area contributed by atoms with Crippen LogP contribution in [0.4, 0.5) is 5.69 Å². The summed E-state index contributed by atoms with van der Waals surface area (Å²) < 4.78 is 6.74. The molecule has 20 heavy (non-hydrogen) atoms. The minimum atomic E-state index is -0.450. The van der Waals surface area contributed by atoms with Crippen LogP contribution < -0.4 is 5.32 Å². The molecule has 1 aromatic carbocycles. The number of aromatic nitrogens is 2. The van der Waals surface area contributed by atoms with Crippen LogP contribution in [0.15, 0.2) is 30.6 Å². The van der Waals surface area contributed by atoms with E-state index in [9.17, 15) is 4.79 Å². The summed E-state index contributed by atoms with van der Waals surface area (Å²) in [6.07, 6.45) is 3.70. The Balaban J connectivity index is 2.12. The van der Waals surface area contributed by atoms with Crippen LogP contribution in [0.1, 0.15) is 23.1 Å². The first-order chi connectivity index (χ1) is 9.65. The molecule has 1 aromatic heterocycles. The molecule has 0 aliphatic carbocycles. The summed E-state index contributed by atoms with van der Waals surface area (Å²) >= 11 is 5.97. The predicted octanol–water partition coefficient (Wildman–Crippen LogP) is 2.96. The van der Waals surface area contributed by atoms with E-state index < -0.39 is 5.97 Å². The molecule has 0 saturated heterocycles. The van der Waals surface area contributed by atoms with Crippen LogP contribution in [0, 0.1) is 0 Å². The molecule has 0 bridgehead atoms. The van der Waals surface area contributed by atoms with Crippen LogP contribution in [-0.4, -0.2) is 22.6 Å². The zero-order valence-corrected chi connectivity index (χ0v) is 12.1. The Kier molecular flexibility index (Phi) is 4.63. The number of hydrogen-bond acceptors (Lipinski definition) is 4. The molecule has 2 rings (SSSR count). The number of nitrogens with zero attached hydrogens (tertiary/aromatic N) is 2. The van der Waals surface area contributed by atoms with E-state index in [0.29, 0.717) is 17.1 Å². The minimum Gasteiger partial charge on any atom is -0.465 e. The quantitative estimate of drug-likeness (QED) is 0.861. The molecule has 0 aliphatic rings. The van der Waals surface area contributed by atoms with Crippen molar-refractivity contribution in [2.24, 2.45) is 0 Å². The smallest absolute Gasteiger partial charge is 0.339 e. The number of carbonyl (C=O) groups excluding carboxylic acids is 1. The Bertz CT molecular complexity index is 610. The number of methoxy groups -OCH3 is 1. The van der Waals surface area contributed by atoms with Gasteiger partial charge < -0.3 is 14.6 Å². The molecule has 0 spiro atoms. The first kappa shape index (κ1) is 14.4. The van der Waals surface area contributed by atoms with Crippen molar-refractivity contribution in [3.05, 3.63) is 47.0 Å². The summed E-state index contributed by atoms with van der Waals surface area (Å²) in [4.78, 5) is 15.8. The molecule has 0 unspecified atom stereocenters. The van der Waals surface area contributed by atoms with Crippen molar-refractivity contribution < 1.29 is 9.53 Å². The van der Waals surface area contributed by atoms with Gasteiger partial charge in [0.2, 0.25) is 0 Å². The van der Waals surface area contributed by atoms with E-state index in [1.807, 2.05) is 16.8 Å². The maximum atomic E-state index is 11.6. The van der Waals surface area contributed by atoms with Gasteiger partial charge in [-0.25, -0.2) is 9.78 Å². The molecular formula is C14H16ClN3O2. The lowest BCUT2D eigenvalue weighted by molar-refractivity contribution is 0.0601. The number of hydrogen-bond donors (Lipinski definition) is 1. The average molecular weight is 294 g/mol. The van der Waals surface area contributed by atoms with Gasteiger partial charge in [-0.3, -0.25) is 0 Å². The number of rotatable bonds is 5. The van der Waals surface area contributed by atoms with Gasteiger partial charge >= 0.3 is 5.97 Å². The molecule has 0 atom stereocenters. The van der Waals surface area contributed by atoms with E-state index in [4.69, 9.17) is 16.3 Å². The SMILES string of the molecule is CCn1ccnc1CNc1ccc(Cl)c(C(=O)OC)c1. The highest BCUT2D eigenvalue weighted by Crippen LogP contribution is 2.21. The Labute approximate surface area is 122 Å². The van der Waals surface area contributed by atoms with Crippen LogP contribution in [0.25, 0.3) is 0 Å². The van der Waals surface area contributed by atoms with Crippen LogP contribution in [0.3, 0.4) is 0 Å². The number of esters is 1. The number of benzene rings is 1. The third kappa shape index (κ3) is 3.11. The molecule has 0 fully saturated rings. The third-order valence-electron chi connectivity index (χ3n) is 2.96. The maximum absolute atomic E-state index is 11.6. The van der Waals surface area contributed by atoms with E-state index in [-0.39, 0.29) is 0 Å². The molecule has 0 aliphatic heterocycles. The standard InChI is InChI=1S/C14H16ClN3O2/c1-3-18-7-6-16-13(18)9-17-10-4-5-12(15)11(8-10)14(19)20-2/h4-8,17H,3,9H2,1-2H3. The Morgan fingerprint density at radius 3 is 3.00 bits per heavy atom. The molecule has 1 heterocycles. The van der Waals surface area contributed by atoms with Crippen LogP contribution >= 0.6 is 11.6 Å². The molecule has 2 aromatic rings. The van der Waals surface area contributed by atoms with Crippen molar-refractivity contribution in [2.45, 2.75) is 20.0 Å². The van der Waals surface area contributed by atoms with Gasteiger partial charge in [-0.2, -0.15) is 0 Å². The Hall–Kier alpha value is -2.01. The lowest BCUT2D eigenvalue weighted by Crippen LogP contribution is -2.08. The average Bonchev–Trinajstić information content (AvgIpc) is 2.93. The summed E-state index contributed by atoms with van der Waals surface area (Å²) in [6.45, 7) is 3.50. The van der Waals surface area contributed by atoms with Crippen LogP contribution in [0.5, 0.6) is 0 Å². The molecule has 0 saturated carbocycles. The monoisotopic (exact) mass is 293 g/mol. The van der Waals surface area contributed by atoms with E-state index in [1.54, 1.807) is 18.3 Å². The normalized spacial score (nSPS) is 10.3. The zero-order valence-electron chi connectivity index (χ0n) is 11.4. The number of imidazole rings is 1. The molecule has 1 N–H and O–H groups in total. The first-order valence-electron chi connectivity index (χ1n) is 6.27. The van der Waals surface area contributed by atoms with E-state index in [0.717, 1.165) is 18.1 Å². The molecule has 0 radical (unpaired) electrons. The second-order valence-electron chi connectivity index (χ2n) is 4.17. The second-order valence-corrected chi connectivity index (χ2v) is 4.58. The maximum Gasteiger partial charge on any atom is 0.339 e. The van der Waals surface area contributed by atoms with Crippen LogP contribution in [0.2, 0.25) is 5.02 Å². The Morgan fingerprint density at radius 1 is 1.50 bits per heavy atom. The van der Waals surface area contributed by atoms with E-state index >= 15 is 0 Å². The van der Waals surface area contributed by atoms with Gasteiger partial charge in [-0.05, 0) is 25.1 Å². The molecule has 0 amide bonds. The fourth-order valence-electron chi connectivity index (χ4n) is 1.88. The molecule has 6 heteroatoms. The molecule has 106 valence electrons. The summed E-state index contributed by atoms with van der Waals surface area (Å²) in [5, 5.41) is 3.59. The van der Waals surface area contributed by atoms with E-state index in [2.05, 4.69) is 17.2 Å². The van der Waals surface area contributed by atoms with Gasteiger partial charge in [0.25, 0.3) is 0 Å². The van der Waals surface area contributed by atoms with Gasteiger partial charge in [-0.1, -0.05) is 11.6 Å². The predicted molar refractivity (Wildman–Crippen MR) is 78.0 cm³/mol. The van der Waals surface area contributed by atoms with Crippen molar-refractivity contribution in [1.29, 1.82) is 0 Å². The highest BCUT2D eigenvalue weighted by Gasteiger charge is 2.11. The molecular weight excluding hydrogens is 278 g/mol. The minimum absolute atomic E-state index is 0.345. The first-order valence-corrected chi connectivity index (χ1v) is 6.65. The van der Waals surface area contributed by atoms with Crippen molar-refractivity contribution in [3.8, 4) is 0 Å². The summed E-state index contributed by atoms with van der Waals surface area (Å²) in [7, 11) is 1.33. The lowest BCUT2D eigenvalue weighted by Gasteiger charge is -2.10. The van der Waals surface area contributed by atoms with Gasteiger partial charge in [0, 0.05) is 24.6 Å². The number of ether oxygens (including phenoxy) is 1. The van der Waals surface area contributed by atoms with Crippen molar-refractivity contribution in [2.75, 3.05) is 12.4 Å². The summed E-state index contributed by atoms with van der Waals surface area (Å²) in [5.41, 5.74) is 1.14. The fourth-order valence-corrected chi connectivity index (χ4v) is 2.07. The number of halogens is 1. The topological polar surface area (TPSA) is 56.2 Å². The zero-order chi connectivity index (χ0) is 14.5. The van der Waals surface area contributed by atoms with Gasteiger partial charge in [0.15, 0.2) is 0 Å². The van der Waals surface area contributed by atoms with Gasteiger partial charge in [-0.15, -0.1) is 0 Å². The molecule has 5 nitrogen and oxygen atoms in total. The highest BCUT2D eigenvalue weighted by molar-refractivity contribution is 6.33. The number of nitrogens with one attached hydrogen (secondary N) is 1. The van der Waals surface area contributed by atoms with Crippen molar-refractivity contribution >= 4 is 23.3 Å². The van der Waals surface area contributed by atoms with Crippen molar-refractivity contribution in [3.63, 3.8) is 0 Å². The number of carbonyl (C=O) groups is 1. The second kappa shape index (κ2) is 6.43. The Morgan fingerprint density at radius 2 is 2.30 bits per heavy atom. The van der Waals surface area contributed by atoms with E-state index in [1.165, 1.54) is 7.11 Å². The van der Waals surface area contributed by atoms with Gasteiger partial charge in [0.05, 0.1) is 24.2 Å². The van der Waals surface area contributed by atoms with Crippen molar-refractivity contribution in [1.82, 2.24) is 9.55 Å². The summed E-state index contributed by atoms with van der Waals surface area (Å²) in [6, 6.07) is 5.16.